The molecule has 1 aromatic rings. The van der Waals surface area contributed by atoms with Crippen LogP contribution in [0.4, 0.5) is 10.8 Å². The number of carbonyl (C=O) groups excluding carboxylic acids is 1. The lowest BCUT2D eigenvalue weighted by atomic mass is 9.90. The predicted octanol–water partition coefficient (Wildman–Crippen LogP) is 0.960. The van der Waals surface area contributed by atoms with Gasteiger partial charge in [-0.25, -0.2) is 4.79 Å². The van der Waals surface area contributed by atoms with Crippen molar-refractivity contribution in [3.8, 4) is 0 Å². The minimum atomic E-state index is -0.895. The van der Waals surface area contributed by atoms with Gasteiger partial charge in [-0.2, -0.15) is 4.98 Å². The summed E-state index contributed by atoms with van der Waals surface area (Å²) in [6, 6.07) is -0.387. The molecule has 2 rings (SSSR count). The molecule has 8 nitrogen and oxygen atoms in total. The summed E-state index contributed by atoms with van der Waals surface area (Å²) in [7, 11) is 0. The van der Waals surface area contributed by atoms with Crippen LogP contribution in [0.2, 0.25) is 0 Å². The number of hydrogen-bond acceptors (Lipinski definition) is 5. The highest BCUT2D eigenvalue weighted by atomic mass is 16.5. The quantitative estimate of drug-likeness (QED) is 0.845. The summed E-state index contributed by atoms with van der Waals surface area (Å²) in [5.41, 5.74) is -0.888. The van der Waals surface area contributed by atoms with Gasteiger partial charge in [-0.05, 0) is 13.3 Å². The van der Waals surface area contributed by atoms with Gasteiger partial charge in [0.25, 0.3) is 0 Å². The number of aliphatic carboxylic acids is 1. The number of carboxylic acids is 1. The topological polar surface area (TPSA) is 109 Å². The Hall–Kier alpha value is -2.12. The lowest BCUT2D eigenvalue weighted by Crippen LogP contribution is -2.37. The van der Waals surface area contributed by atoms with Gasteiger partial charge in [0, 0.05) is 19.5 Å². The van der Waals surface area contributed by atoms with Gasteiger partial charge in [0.1, 0.15) is 0 Å². The normalized spacial score (nSPS) is 22.5. The summed E-state index contributed by atoms with van der Waals surface area (Å²) in [5.74, 6) is -0.388. The average Bonchev–Trinajstić information content (AvgIpc) is 2.96. The second kappa shape index (κ2) is 4.87. The molecule has 0 saturated carbocycles. The number of hydrogen-bond donors (Lipinski definition) is 2. The highest BCUT2D eigenvalue weighted by Gasteiger charge is 2.42. The summed E-state index contributed by atoms with van der Waals surface area (Å²) in [6.45, 7) is 4.06. The summed E-state index contributed by atoms with van der Waals surface area (Å²) >= 11 is 0. The molecule has 0 bridgehead atoms. The molecule has 1 aliphatic heterocycles. The summed E-state index contributed by atoms with van der Waals surface area (Å²) in [4.78, 5) is 28.4. The number of anilines is 1. The molecule has 19 heavy (non-hydrogen) atoms. The van der Waals surface area contributed by atoms with E-state index < -0.39 is 17.4 Å². The number of urea groups is 1. The highest BCUT2D eigenvalue weighted by molar-refractivity contribution is 5.88. The second-order valence-corrected chi connectivity index (χ2v) is 4.84. The number of nitrogens with one attached hydrogen (secondary N) is 1. The predicted molar refractivity (Wildman–Crippen MR) is 64.6 cm³/mol. The monoisotopic (exact) mass is 268 g/mol. The fourth-order valence-corrected chi connectivity index (χ4v) is 1.93. The molecular weight excluding hydrogens is 252 g/mol. The van der Waals surface area contributed by atoms with Crippen LogP contribution in [0.5, 0.6) is 0 Å². The Morgan fingerprint density at radius 1 is 1.58 bits per heavy atom. The van der Waals surface area contributed by atoms with Crippen molar-refractivity contribution in [2.24, 2.45) is 5.41 Å². The number of likely N-dealkylation sites (tertiary alicyclic amines) is 1. The van der Waals surface area contributed by atoms with Crippen molar-refractivity contribution >= 4 is 18.0 Å². The van der Waals surface area contributed by atoms with Gasteiger partial charge in [0.2, 0.25) is 0 Å². The van der Waals surface area contributed by atoms with Crippen molar-refractivity contribution in [2.75, 3.05) is 18.4 Å². The van der Waals surface area contributed by atoms with Gasteiger partial charge < -0.3 is 14.5 Å². The summed E-state index contributed by atoms with van der Waals surface area (Å²) < 4.78 is 4.85. The van der Waals surface area contributed by atoms with E-state index >= 15 is 0 Å². The van der Waals surface area contributed by atoms with Crippen LogP contribution >= 0.6 is 0 Å². The third-order valence-corrected chi connectivity index (χ3v) is 3.28. The Kier molecular flexibility index (Phi) is 3.41. The van der Waals surface area contributed by atoms with E-state index in [-0.39, 0.29) is 12.6 Å². The summed E-state index contributed by atoms with van der Waals surface area (Å²) in [6.07, 6.45) is 1.04. The molecule has 2 N–H and O–H groups in total. The van der Waals surface area contributed by atoms with Gasteiger partial charge in [0.05, 0.1) is 5.41 Å². The average molecular weight is 268 g/mol. The molecule has 1 unspecified atom stereocenters. The number of carboxylic acid groups (broad SMARTS) is 1. The Morgan fingerprint density at radius 2 is 2.32 bits per heavy atom. The van der Waals surface area contributed by atoms with E-state index in [0.717, 1.165) is 0 Å². The fourth-order valence-electron chi connectivity index (χ4n) is 1.93. The molecule has 1 fully saturated rings. The maximum atomic E-state index is 11.9. The first-order valence-electron chi connectivity index (χ1n) is 6.06. The minimum absolute atomic E-state index is 0.0331. The van der Waals surface area contributed by atoms with Crippen LogP contribution in [0.1, 0.15) is 26.1 Å². The van der Waals surface area contributed by atoms with E-state index in [0.29, 0.717) is 25.2 Å². The SMILES string of the molecule is CCc1noc(NC(=O)N2CCC(C)(C(=O)O)C2)n1. The molecule has 0 aliphatic carbocycles. The van der Waals surface area contributed by atoms with Crippen molar-refractivity contribution in [1.29, 1.82) is 0 Å². The molecule has 1 aliphatic rings. The third-order valence-electron chi connectivity index (χ3n) is 3.28. The smallest absolute Gasteiger partial charge is 0.329 e. The van der Waals surface area contributed by atoms with Crippen LogP contribution in [0.3, 0.4) is 0 Å². The molecule has 1 saturated heterocycles. The maximum absolute atomic E-state index is 11.9. The van der Waals surface area contributed by atoms with Gasteiger partial charge in [0.15, 0.2) is 5.82 Å². The molecule has 104 valence electrons. The van der Waals surface area contributed by atoms with Gasteiger partial charge >= 0.3 is 18.0 Å². The molecule has 8 heteroatoms. The van der Waals surface area contributed by atoms with Gasteiger partial charge in [-0.1, -0.05) is 12.1 Å². The molecule has 2 heterocycles. The standard InChI is InChI=1S/C11H16N4O4/c1-3-7-12-9(19-14-7)13-10(18)15-5-4-11(2,6-15)8(16)17/h3-6H2,1-2H3,(H,16,17)(H,12,13,14,18). The van der Waals surface area contributed by atoms with Crippen molar-refractivity contribution in [3.63, 3.8) is 0 Å². The third kappa shape index (κ3) is 2.67. The first-order chi connectivity index (χ1) is 8.94. The molecule has 2 amide bonds. The second-order valence-electron chi connectivity index (χ2n) is 4.84. The molecular formula is C11H16N4O4. The van der Waals surface area contributed by atoms with E-state index in [2.05, 4.69) is 15.5 Å². The zero-order valence-electron chi connectivity index (χ0n) is 10.8. The zero-order valence-corrected chi connectivity index (χ0v) is 10.8. The fraction of sp³-hybridized carbons (Fsp3) is 0.636. The van der Waals surface area contributed by atoms with E-state index in [1.807, 2.05) is 6.92 Å². The Morgan fingerprint density at radius 3 is 2.84 bits per heavy atom. The largest absolute Gasteiger partial charge is 0.481 e. The molecule has 0 aromatic carbocycles. The van der Waals surface area contributed by atoms with Crippen LogP contribution in [0.25, 0.3) is 0 Å². The van der Waals surface area contributed by atoms with Crippen LogP contribution in [0.15, 0.2) is 4.52 Å². The van der Waals surface area contributed by atoms with Crippen LogP contribution in [0, 0.1) is 5.41 Å². The number of aryl methyl sites for hydroxylation is 1. The number of carbonyl (C=O) groups is 2. The van der Waals surface area contributed by atoms with E-state index in [1.165, 1.54) is 4.90 Å². The molecule has 1 aromatic heterocycles. The zero-order chi connectivity index (χ0) is 14.0. The van der Waals surface area contributed by atoms with Crippen molar-refractivity contribution < 1.29 is 19.2 Å². The molecule has 1 atom stereocenters. The molecule has 0 spiro atoms. The highest BCUT2D eigenvalue weighted by Crippen LogP contribution is 2.30. The minimum Gasteiger partial charge on any atom is -0.481 e. The number of nitrogens with zero attached hydrogens (tertiary/aromatic N) is 3. The van der Waals surface area contributed by atoms with Crippen LogP contribution in [-0.4, -0.2) is 45.2 Å². The van der Waals surface area contributed by atoms with Crippen LogP contribution < -0.4 is 5.32 Å². The first-order valence-corrected chi connectivity index (χ1v) is 6.06. The van der Waals surface area contributed by atoms with Crippen molar-refractivity contribution in [1.82, 2.24) is 15.0 Å². The van der Waals surface area contributed by atoms with Crippen molar-refractivity contribution in [2.45, 2.75) is 26.7 Å². The first kappa shape index (κ1) is 13.3. The summed E-state index contributed by atoms with van der Waals surface area (Å²) in [5, 5.41) is 15.2. The van der Waals surface area contributed by atoms with Crippen LogP contribution in [-0.2, 0) is 11.2 Å². The van der Waals surface area contributed by atoms with Crippen molar-refractivity contribution in [3.05, 3.63) is 5.82 Å². The Labute approximate surface area is 109 Å². The van der Waals surface area contributed by atoms with E-state index in [9.17, 15) is 9.59 Å². The number of rotatable bonds is 3. The lowest BCUT2D eigenvalue weighted by Gasteiger charge is -2.19. The van der Waals surface area contributed by atoms with E-state index in [4.69, 9.17) is 9.63 Å². The maximum Gasteiger partial charge on any atom is 0.329 e. The molecule has 0 radical (unpaired) electrons. The van der Waals surface area contributed by atoms with Gasteiger partial charge in [-0.15, -0.1) is 0 Å². The Bertz CT molecular complexity index is 501. The van der Waals surface area contributed by atoms with E-state index in [1.54, 1.807) is 6.92 Å². The lowest BCUT2D eigenvalue weighted by molar-refractivity contribution is -0.146. The Balaban J connectivity index is 1.96. The van der Waals surface area contributed by atoms with Gasteiger partial charge in [-0.3, -0.25) is 10.1 Å². The number of aromatic nitrogens is 2. The number of amides is 2.